The Labute approximate surface area is 169 Å². The van der Waals surface area contributed by atoms with Crippen LogP contribution in [0.4, 0.5) is 13.2 Å². The third kappa shape index (κ3) is 3.99. The van der Waals surface area contributed by atoms with Crippen molar-refractivity contribution in [3.63, 3.8) is 0 Å². The van der Waals surface area contributed by atoms with E-state index in [1.54, 1.807) is 25.1 Å². The number of rotatable bonds is 3. The summed E-state index contributed by atoms with van der Waals surface area (Å²) in [5.41, 5.74) is 0.475. The molecule has 1 saturated heterocycles. The van der Waals surface area contributed by atoms with Crippen molar-refractivity contribution in [1.82, 2.24) is 0 Å². The zero-order valence-corrected chi connectivity index (χ0v) is 16.2. The minimum Gasteiger partial charge on any atom is -0.493 e. The first-order chi connectivity index (χ1) is 13.7. The van der Waals surface area contributed by atoms with E-state index in [2.05, 4.69) is 0 Å². The molecule has 8 heteroatoms. The summed E-state index contributed by atoms with van der Waals surface area (Å²) in [4.78, 5) is 23.8. The number of benzene rings is 2. The van der Waals surface area contributed by atoms with E-state index in [1.165, 1.54) is 6.07 Å². The normalized spacial score (nSPS) is 21.7. The lowest BCUT2D eigenvalue weighted by molar-refractivity contribution is -0.137. The molecule has 152 valence electrons. The molecule has 2 heterocycles. The fourth-order valence-corrected chi connectivity index (χ4v) is 4.81. The van der Waals surface area contributed by atoms with Crippen LogP contribution in [0.25, 0.3) is 0 Å². The average molecular weight is 422 g/mol. The zero-order chi connectivity index (χ0) is 20.8. The number of hydrogen-bond acceptors (Lipinski definition) is 5. The molecule has 29 heavy (non-hydrogen) atoms. The van der Waals surface area contributed by atoms with E-state index < -0.39 is 17.0 Å². The molecule has 0 bridgehead atoms. The van der Waals surface area contributed by atoms with Gasteiger partial charge in [0.15, 0.2) is 10.9 Å². The van der Waals surface area contributed by atoms with Crippen LogP contribution in [0.15, 0.2) is 36.4 Å². The second-order valence-corrected chi connectivity index (χ2v) is 8.28. The lowest BCUT2D eigenvalue weighted by Gasteiger charge is -2.29. The van der Waals surface area contributed by atoms with Gasteiger partial charge in [0, 0.05) is 12.0 Å². The van der Waals surface area contributed by atoms with Crippen LogP contribution in [-0.4, -0.2) is 22.8 Å². The fraction of sp³-hybridized carbons (Fsp3) is 0.333. The first-order valence-electron chi connectivity index (χ1n) is 9.07. The van der Waals surface area contributed by atoms with Gasteiger partial charge < -0.3 is 9.47 Å². The van der Waals surface area contributed by atoms with E-state index in [1.807, 2.05) is 0 Å². The number of halogens is 3. The molecule has 2 aromatic carbocycles. The molecule has 0 N–H and O–H groups in total. The van der Waals surface area contributed by atoms with E-state index in [4.69, 9.17) is 9.47 Å². The number of carbonyl (C=O) groups excluding carboxylic acids is 2. The van der Waals surface area contributed by atoms with Crippen molar-refractivity contribution < 1.29 is 32.2 Å². The molecule has 4 rings (SSSR count). The second kappa shape index (κ2) is 7.40. The molecule has 2 aliphatic rings. The highest BCUT2D eigenvalue weighted by Crippen LogP contribution is 2.45. The average Bonchev–Trinajstić information content (AvgIpc) is 3.00. The second-order valence-electron chi connectivity index (χ2n) is 7.08. The standard InChI is InChI=1S/C21H17F3O4S/c1-11-8-12(21(22,23)24)2-5-17(11)28-13-3-4-14-15(6-7-27-18(14)9-13)20-16(25)10-19(26)29-20/h2-5,8-9,15,20H,6-7,10H2,1H3/t15-,20?/m1/s1. The van der Waals surface area contributed by atoms with Gasteiger partial charge in [-0.05, 0) is 48.7 Å². The number of alkyl halides is 3. The van der Waals surface area contributed by atoms with Gasteiger partial charge in [-0.2, -0.15) is 13.2 Å². The molecule has 0 saturated carbocycles. The van der Waals surface area contributed by atoms with Gasteiger partial charge >= 0.3 is 6.18 Å². The number of aryl methyl sites for hydroxylation is 1. The van der Waals surface area contributed by atoms with Crippen LogP contribution in [0.3, 0.4) is 0 Å². The van der Waals surface area contributed by atoms with Crippen LogP contribution in [0.5, 0.6) is 17.2 Å². The largest absolute Gasteiger partial charge is 0.493 e. The van der Waals surface area contributed by atoms with Crippen LogP contribution in [0, 0.1) is 6.92 Å². The van der Waals surface area contributed by atoms with E-state index in [0.717, 1.165) is 29.5 Å². The molecule has 2 atom stereocenters. The zero-order valence-electron chi connectivity index (χ0n) is 15.4. The minimum absolute atomic E-state index is 0.0313. The Morgan fingerprint density at radius 1 is 1.14 bits per heavy atom. The third-order valence-electron chi connectivity index (χ3n) is 5.06. The molecule has 4 nitrogen and oxygen atoms in total. The number of Topliss-reactive ketones (excluding diaryl/α,β-unsaturated/α-hetero) is 1. The van der Waals surface area contributed by atoms with E-state index >= 15 is 0 Å². The molecule has 2 aliphatic heterocycles. The predicted octanol–water partition coefficient (Wildman–Crippen LogP) is 5.27. The Balaban J connectivity index is 1.57. The van der Waals surface area contributed by atoms with E-state index in [9.17, 15) is 22.8 Å². The SMILES string of the molecule is Cc1cc(C(F)(F)F)ccc1Oc1ccc2c(c1)OCC[C@H]2C1SC(=O)CC1=O. The van der Waals surface area contributed by atoms with Gasteiger partial charge in [0.25, 0.3) is 0 Å². The van der Waals surface area contributed by atoms with Crippen LogP contribution in [-0.2, 0) is 15.8 Å². The fourth-order valence-electron chi connectivity index (χ4n) is 3.64. The lowest BCUT2D eigenvalue weighted by Crippen LogP contribution is -2.26. The first-order valence-corrected chi connectivity index (χ1v) is 9.95. The van der Waals surface area contributed by atoms with Crippen LogP contribution < -0.4 is 9.47 Å². The van der Waals surface area contributed by atoms with Crippen LogP contribution in [0.1, 0.15) is 35.4 Å². The summed E-state index contributed by atoms with van der Waals surface area (Å²) in [5.74, 6) is 1.14. The number of ketones is 1. The predicted molar refractivity (Wildman–Crippen MR) is 102 cm³/mol. The number of fused-ring (bicyclic) bond motifs is 1. The van der Waals surface area contributed by atoms with Crippen molar-refractivity contribution in [2.45, 2.75) is 37.1 Å². The maximum absolute atomic E-state index is 12.8. The summed E-state index contributed by atoms with van der Waals surface area (Å²) in [6.45, 7) is 1.97. The summed E-state index contributed by atoms with van der Waals surface area (Å²) in [6.07, 6.45) is -3.80. The van der Waals surface area contributed by atoms with Crippen LogP contribution >= 0.6 is 11.8 Å². The smallest absolute Gasteiger partial charge is 0.416 e. The number of carbonyl (C=O) groups is 2. The summed E-state index contributed by atoms with van der Waals surface area (Å²) in [6, 6.07) is 8.48. The first kappa shape index (κ1) is 19.8. The molecular formula is C21H17F3O4S. The van der Waals surface area contributed by atoms with Crippen molar-refractivity contribution in [1.29, 1.82) is 0 Å². The summed E-state index contributed by atoms with van der Waals surface area (Å²) in [5, 5.41) is -0.500. The molecule has 0 aromatic heterocycles. The summed E-state index contributed by atoms with van der Waals surface area (Å²) < 4.78 is 50.0. The van der Waals surface area contributed by atoms with Crippen LogP contribution in [0.2, 0.25) is 0 Å². The number of hydrogen-bond donors (Lipinski definition) is 0. The number of ether oxygens (including phenoxy) is 2. The molecule has 0 aliphatic carbocycles. The Hall–Kier alpha value is -2.48. The Kier molecular flexibility index (Phi) is 5.06. The van der Waals surface area contributed by atoms with E-state index in [0.29, 0.717) is 35.8 Å². The van der Waals surface area contributed by atoms with Crippen molar-refractivity contribution in [2.75, 3.05) is 6.61 Å². The molecule has 1 fully saturated rings. The molecule has 0 spiro atoms. The van der Waals surface area contributed by atoms with Gasteiger partial charge in [-0.3, -0.25) is 9.59 Å². The summed E-state index contributed by atoms with van der Waals surface area (Å²) in [7, 11) is 0. The third-order valence-corrected chi connectivity index (χ3v) is 6.31. The maximum Gasteiger partial charge on any atom is 0.416 e. The molecule has 0 amide bonds. The van der Waals surface area contributed by atoms with Gasteiger partial charge in [-0.1, -0.05) is 17.8 Å². The maximum atomic E-state index is 12.8. The van der Waals surface area contributed by atoms with E-state index in [-0.39, 0.29) is 23.2 Å². The topological polar surface area (TPSA) is 52.6 Å². The van der Waals surface area contributed by atoms with Crippen molar-refractivity contribution >= 4 is 22.7 Å². The summed E-state index contributed by atoms with van der Waals surface area (Å²) >= 11 is 1.09. The monoisotopic (exact) mass is 422 g/mol. The quantitative estimate of drug-likeness (QED) is 0.631. The highest BCUT2D eigenvalue weighted by molar-refractivity contribution is 8.15. The molecular weight excluding hydrogens is 405 g/mol. The molecule has 0 radical (unpaired) electrons. The molecule has 2 aromatic rings. The molecule has 1 unspecified atom stereocenters. The highest BCUT2D eigenvalue weighted by Gasteiger charge is 2.40. The van der Waals surface area contributed by atoms with Crippen molar-refractivity contribution in [3.8, 4) is 17.2 Å². The lowest BCUT2D eigenvalue weighted by atomic mass is 9.88. The van der Waals surface area contributed by atoms with Gasteiger partial charge in [-0.25, -0.2) is 0 Å². The number of thioether (sulfide) groups is 1. The van der Waals surface area contributed by atoms with Crippen molar-refractivity contribution in [3.05, 3.63) is 53.1 Å². The highest BCUT2D eigenvalue weighted by atomic mass is 32.2. The van der Waals surface area contributed by atoms with Gasteiger partial charge in [-0.15, -0.1) is 0 Å². The Morgan fingerprint density at radius 3 is 2.59 bits per heavy atom. The Bertz CT molecular complexity index is 986. The van der Waals surface area contributed by atoms with Gasteiger partial charge in [0.2, 0.25) is 0 Å². The Morgan fingerprint density at radius 2 is 1.93 bits per heavy atom. The van der Waals surface area contributed by atoms with Crippen molar-refractivity contribution in [2.24, 2.45) is 0 Å². The van der Waals surface area contributed by atoms with Gasteiger partial charge in [0.1, 0.15) is 17.2 Å². The minimum atomic E-state index is -4.41. The van der Waals surface area contributed by atoms with Gasteiger partial charge in [0.05, 0.1) is 23.8 Å².